The second-order valence-electron chi connectivity index (χ2n) is 5.75. The Morgan fingerprint density at radius 1 is 1.24 bits per heavy atom. The minimum Gasteiger partial charge on any atom is -0.468 e. The second kappa shape index (κ2) is 6.14. The summed E-state index contributed by atoms with van der Waals surface area (Å²) in [6.07, 6.45) is 3.67. The van der Waals surface area contributed by atoms with Gasteiger partial charge in [0.15, 0.2) is 0 Å². The zero-order chi connectivity index (χ0) is 14.7. The van der Waals surface area contributed by atoms with Gasteiger partial charge in [-0.3, -0.25) is 4.68 Å². The van der Waals surface area contributed by atoms with Crippen LogP contribution in [0.25, 0.3) is 10.9 Å². The maximum absolute atomic E-state index is 5.60. The lowest BCUT2D eigenvalue weighted by atomic mass is 10.2. The number of rotatable bonds is 6. The van der Waals surface area contributed by atoms with E-state index in [0.29, 0.717) is 5.92 Å². The van der Waals surface area contributed by atoms with Gasteiger partial charge in [-0.25, -0.2) is 0 Å². The first-order chi connectivity index (χ1) is 10.2. The molecule has 2 heterocycles. The van der Waals surface area contributed by atoms with Crippen LogP contribution in [-0.4, -0.2) is 16.3 Å². The fourth-order valence-corrected chi connectivity index (χ4v) is 2.45. The Morgan fingerprint density at radius 2 is 2.10 bits per heavy atom. The fraction of sp³-hybridized carbons (Fsp3) is 0.353. The van der Waals surface area contributed by atoms with Gasteiger partial charge in [0.1, 0.15) is 5.76 Å². The minimum atomic E-state index is 0.637. The average molecular weight is 283 g/mol. The summed E-state index contributed by atoms with van der Waals surface area (Å²) in [5.74, 6) is 1.63. The van der Waals surface area contributed by atoms with Crippen LogP contribution >= 0.6 is 0 Å². The van der Waals surface area contributed by atoms with Gasteiger partial charge in [-0.05, 0) is 24.6 Å². The molecule has 0 atom stereocenters. The number of para-hydroxylation sites is 1. The highest BCUT2D eigenvalue weighted by Crippen LogP contribution is 2.17. The highest BCUT2D eigenvalue weighted by atomic mass is 16.3. The van der Waals surface area contributed by atoms with Crippen molar-refractivity contribution in [3.05, 3.63) is 54.1 Å². The smallest absolute Gasteiger partial charge is 0.122 e. The highest BCUT2D eigenvalue weighted by Gasteiger charge is 2.09. The molecular formula is C17H21N3O. The molecule has 1 N–H and O–H groups in total. The number of nitrogens with one attached hydrogen (secondary N) is 1. The Bertz CT molecular complexity index is 711. The molecule has 1 aromatic carbocycles. The summed E-state index contributed by atoms with van der Waals surface area (Å²) >= 11 is 0. The van der Waals surface area contributed by atoms with Crippen molar-refractivity contribution in [1.29, 1.82) is 0 Å². The van der Waals surface area contributed by atoms with Crippen molar-refractivity contribution in [2.24, 2.45) is 5.92 Å². The van der Waals surface area contributed by atoms with Crippen LogP contribution in [0.15, 0.2) is 47.2 Å². The Kier molecular flexibility index (Phi) is 4.06. The molecule has 0 saturated carbocycles. The number of aromatic nitrogens is 2. The third-order valence-corrected chi connectivity index (χ3v) is 3.55. The summed E-state index contributed by atoms with van der Waals surface area (Å²) in [4.78, 5) is 0. The zero-order valence-corrected chi connectivity index (χ0v) is 12.5. The molecule has 0 aliphatic carbocycles. The molecule has 4 heteroatoms. The van der Waals surface area contributed by atoms with Crippen LogP contribution in [-0.2, 0) is 13.1 Å². The molecule has 3 aromatic rings. The average Bonchev–Trinajstić information content (AvgIpc) is 3.07. The molecule has 4 nitrogen and oxygen atoms in total. The van der Waals surface area contributed by atoms with Crippen molar-refractivity contribution < 1.29 is 4.42 Å². The van der Waals surface area contributed by atoms with Gasteiger partial charge < -0.3 is 9.73 Å². The molecule has 3 rings (SSSR count). The molecule has 110 valence electrons. The first-order valence-corrected chi connectivity index (χ1v) is 7.40. The molecule has 0 bridgehead atoms. The van der Waals surface area contributed by atoms with Crippen molar-refractivity contribution in [3.63, 3.8) is 0 Å². The molecule has 0 fully saturated rings. The van der Waals surface area contributed by atoms with Crippen molar-refractivity contribution in [2.75, 3.05) is 6.54 Å². The maximum Gasteiger partial charge on any atom is 0.122 e. The van der Waals surface area contributed by atoms with E-state index in [0.717, 1.165) is 30.9 Å². The quantitative estimate of drug-likeness (QED) is 0.753. The predicted molar refractivity (Wildman–Crippen MR) is 84.1 cm³/mol. The van der Waals surface area contributed by atoms with Gasteiger partial charge in [-0.2, -0.15) is 5.10 Å². The van der Waals surface area contributed by atoms with Gasteiger partial charge in [0, 0.05) is 10.9 Å². The van der Waals surface area contributed by atoms with Gasteiger partial charge in [0.2, 0.25) is 0 Å². The lowest BCUT2D eigenvalue weighted by Gasteiger charge is -2.08. The van der Waals surface area contributed by atoms with E-state index >= 15 is 0 Å². The van der Waals surface area contributed by atoms with Gasteiger partial charge in [0.05, 0.1) is 31.1 Å². The summed E-state index contributed by atoms with van der Waals surface area (Å²) < 4.78 is 7.62. The Morgan fingerprint density at radius 3 is 2.95 bits per heavy atom. The van der Waals surface area contributed by atoms with E-state index in [-0.39, 0.29) is 0 Å². The Labute approximate surface area is 124 Å². The molecule has 21 heavy (non-hydrogen) atoms. The number of hydrogen-bond acceptors (Lipinski definition) is 3. The van der Waals surface area contributed by atoms with E-state index in [2.05, 4.69) is 36.4 Å². The Balaban J connectivity index is 1.75. The van der Waals surface area contributed by atoms with Crippen LogP contribution in [0.1, 0.15) is 25.2 Å². The van der Waals surface area contributed by atoms with E-state index in [1.807, 2.05) is 29.1 Å². The number of benzene rings is 1. The van der Waals surface area contributed by atoms with Gasteiger partial charge in [-0.1, -0.05) is 32.0 Å². The summed E-state index contributed by atoms with van der Waals surface area (Å²) in [5.41, 5.74) is 2.33. The van der Waals surface area contributed by atoms with Gasteiger partial charge in [-0.15, -0.1) is 0 Å². The number of hydrogen-bond donors (Lipinski definition) is 1. The van der Waals surface area contributed by atoms with E-state index in [9.17, 15) is 0 Å². The van der Waals surface area contributed by atoms with E-state index in [4.69, 9.17) is 4.42 Å². The third kappa shape index (κ3) is 3.16. The molecule has 0 saturated heterocycles. The number of fused-ring (bicyclic) bond motifs is 1. The zero-order valence-electron chi connectivity index (χ0n) is 12.5. The molecule has 0 spiro atoms. The minimum absolute atomic E-state index is 0.637. The van der Waals surface area contributed by atoms with Crippen molar-refractivity contribution >= 4 is 10.9 Å². The summed E-state index contributed by atoms with van der Waals surface area (Å²) in [7, 11) is 0. The predicted octanol–water partition coefficient (Wildman–Crippen LogP) is 3.42. The number of nitrogens with zero attached hydrogens (tertiary/aromatic N) is 2. The standard InChI is InChI=1S/C17H21N3O/c1-13(2)9-18-11-17-15(7-8-21-17)12-20-16-6-4-3-5-14(16)10-19-20/h3-8,10,13,18H,9,11-12H2,1-2H3. The van der Waals surface area contributed by atoms with Gasteiger partial charge >= 0.3 is 0 Å². The van der Waals surface area contributed by atoms with E-state index < -0.39 is 0 Å². The first kappa shape index (κ1) is 13.9. The number of furan rings is 1. The van der Waals surface area contributed by atoms with Crippen LogP contribution < -0.4 is 5.32 Å². The van der Waals surface area contributed by atoms with Crippen LogP contribution in [0.4, 0.5) is 0 Å². The first-order valence-electron chi connectivity index (χ1n) is 7.40. The summed E-state index contributed by atoms with van der Waals surface area (Å²) in [6, 6.07) is 10.3. The van der Waals surface area contributed by atoms with Crippen LogP contribution in [0, 0.1) is 5.92 Å². The third-order valence-electron chi connectivity index (χ3n) is 3.55. The summed E-state index contributed by atoms with van der Waals surface area (Å²) in [5, 5.41) is 9.06. The molecule has 0 amide bonds. The fourth-order valence-electron chi connectivity index (χ4n) is 2.45. The Hall–Kier alpha value is -2.07. The van der Waals surface area contributed by atoms with Crippen LogP contribution in [0.2, 0.25) is 0 Å². The van der Waals surface area contributed by atoms with Crippen LogP contribution in [0.5, 0.6) is 0 Å². The van der Waals surface area contributed by atoms with Crippen molar-refractivity contribution in [3.8, 4) is 0 Å². The SMILES string of the molecule is CC(C)CNCc1occc1Cn1ncc2ccccc21. The molecule has 0 radical (unpaired) electrons. The monoisotopic (exact) mass is 283 g/mol. The van der Waals surface area contributed by atoms with Crippen molar-refractivity contribution in [2.45, 2.75) is 26.9 Å². The molecule has 2 aromatic heterocycles. The molecular weight excluding hydrogens is 262 g/mol. The highest BCUT2D eigenvalue weighted by molar-refractivity contribution is 5.78. The second-order valence-corrected chi connectivity index (χ2v) is 5.75. The molecule has 0 aliphatic heterocycles. The topological polar surface area (TPSA) is 43.0 Å². The van der Waals surface area contributed by atoms with Crippen LogP contribution in [0.3, 0.4) is 0 Å². The van der Waals surface area contributed by atoms with E-state index in [1.165, 1.54) is 10.9 Å². The van der Waals surface area contributed by atoms with Gasteiger partial charge in [0.25, 0.3) is 0 Å². The lowest BCUT2D eigenvalue weighted by Crippen LogP contribution is -2.19. The van der Waals surface area contributed by atoms with E-state index in [1.54, 1.807) is 6.26 Å². The normalized spacial score (nSPS) is 11.6. The summed E-state index contributed by atoms with van der Waals surface area (Å²) in [6.45, 7) is 6.89. The molecule has 0 unspecified atom stereocenters. The van der Waals surface area contributed by atoms with Crippen molar-refractivity contribution in [1.82, 2.24) is 15.1 Å². The lowest BCUT2D eigenvalue weighted by molar-refractivity contribution is 0.458. The molecule has 0 aliphatic rings. The largest absolute Gasteiger partial charge is 0.468 e. The maximum atomic E-state index is 5.60.